The van der Waals surface area contributed by atoms with E-state index in [-0.39, 0.29) is 5.75 Å². The maximum Gasteiger partial charge on any atom is 0.148 e. The lowest BCUT2D eigenvalue weighted by Gasteiger charge is -2.09. The van der Waals surface area contributed by atoms with Crippen molar-refractivity contribution in [2.45, 2.75) is 13.8 Å². The summed E-state index contributed by atoms with van der Waals surface area (Å²) in [6, 6.07) is 20.1. The van der Waals surface area contributed by atoms with Gasteiger partial charge in [0.15, 0.2) is 0 Å². The number of phenolic OH excluding ortho intramolecular Hbond substituents is 1. The molecule has 0 atom stereocenters. The second-order valence-corrected chi connectivity index (χ2v) is 7.46. The van der Waals surface area contributed by atoms with Crippen molar-refractivity contribution < 1.29 is 14.6 Å². The molecule has 0 aliphatic heterocycles. The van der Waals surface area contributed by atoms with Gasteiger partial charge >= 0.3 is 0 Å². The predicted molar refractivity (Wildman–Crippen MR) is 129 cm³/mol. The number of nitrogens with zero attached hydrogens (tertiary/aromatic N) is 4. The van der Waals surface area contributed by atoms with Gasteiger partial charge in [0.25, 0.3) is 0 Å². The van der Waals surface area contributed by atoms with E-state index in [4.69, 9.17) is 9.47 Å². The quantitative estimate of drug-likeness (QED) is 0.308. The van der Waals surface area contributed by atoms with Gasteiger partial charge < -0.3 is 14.6 Å². The number of benzene rings is 4. The monoisotopic (exact) mass is 440 g/mol. The van der Waals surface area contributed by atoms with Gasteiger partial charge in [-0.25, -0.2) is 0 Å². The number of rotatable bonds is 6. The highest BCUT2D eigenvalue weighted by atomic mass is 16.5. The van der Waals surface area contributed by atoms with Gasteiger partial charge in [-0.05, 0) is 43.2 Å². The lowest BCUT2D eigenvalue weighted by Crippen LogP contribution is -1.88. The molecule has 0 radical (unpaired) electrons. The molecule has 0 saturated heterocycles. The minimum absolute atomic E-state index is 0.197. The van der Waals surface area contributed by atoms with E-state index in [9.17, 15) is 5.11 Å². The highest BCUT2D eigenvalue weighted by Gasteiger charge is 2.12. The van der Waals surface area contributed by atoms with Gasteiger partial charge in [0.05, 0.1) is 25.6 Å². The fourth-order valence-corrected chi connectivity index (χ4v) is 3.44. The van der Waals surface area contributed by atoms with Crippen LogP contribution in [-0.4, -0.2) is 19.3 Å². The van der Waals surface area contributed by atoms with Gasteiger partial charge in [-0.1, -0.05) is 36.4 Å². The largest absolute Gasteiger partial charge is 0.507 e. The Bertz CT molecular complexity index is 1380. The van der Waals surface area contributed by atoms with E-state index in [0.717, 1.165) is 22.2 Å². The van der Waals surface area contributed by atoms with Gasteiger partial charge in [0.2, 0.25) is 0 Å². The van der Waals surface area contributed by atoms with E-state index in [1.807, 2.05) is 56.3 Å². The van der Waals surface area contributed by atoms with E-state index in [1.54, 1.807) is 38.5 Å². The average molecular weight is 441 g/mol. The van der Waals surface area contributed by atoms with Crippen LogP contribution in [0.25, 0.3) is 10.8 Å². The van der Waals surface area contributed by atoms with E-state index in [2.05, 4.69) is 20.5 Å². The highest BCUT2D eigenvalue weighted by Crippen LogP contribution is 2.42. The van der Waals surface area contributed by atoms with Gasteiger partial charge in [0.1, 0.15) is 28.6 Å². The molecule has 0 aromatic heterocycles. The molecule has 4 rings (SSSR count). The molecule has 0 unspecified atom stereocenters. The molecular weight excluding hydrogens is 416 g/mol. The van der Waals surface area contributed by atoms with Crippen molar-refractivity contribution in [3.8, 4) is 17.2 Å². The Morgan fingerprint density at radius 3 is 1.82 bits per heavy atom. The summed E-state index contributed by atoms with van der Waals surface area (Å²) in [5.74, 6) is 1.18. The summed E-state index contributed by atoms with van der Waals surface area (Å²) in [5, 5.41) is 29.2. The molecule has 0 fully saturated rings. The fraction of sp³-hybridized carbons (Fsp3) is 0.154. The van der Waals surface area contributed by atoms with Crippen LogP contribution in [0.15, 0.2) is 87.2 Å². The van der Waals surface area contributed by atoms with E-state index >= 15 is 0 Å². The van der Waals surface area contributed by atoms with Gasteiger partial charge in [-0.3, -0.25) is 0 Å². The Labute approximate surface area is 192 Å². The van der Waals surface area contributed by atoms with Crippen molar-refractivity contribution in [1.29, 1.82) is 0 Å². The number of aromatic hydroxyl groups is 1. The van der Waals surface area contributed by atoms with Crippen LogP contribution >= 0.6 is 0 Å². The van der Waals surface area contributed by atoms with Crippen LogP contribution in [0.1, 0.15) is 11.1 Å². The smallest absolute Gasteiger partial charge is 0.148 e. The molecule has 0 saturated carbocycles. The summed E-state index contributed by atoms with van der Waals surface area (Å²) in [5.41, 5.74) is 4.64. The minimum Gasteiger partial charge on any atom is -0.507 e. The molecule has 0 spiro atoms. The summed E-state index contributed by atoms with van der Waals surface area (Å²) in [7, 11) is 3.12. The molecule has 166 valence electrons. The molecule has 1 N–H and O–H groups in total. The normalized spacial score (nSPS) is 11.5. The second kappa shape index (κ2) is 9.48. The van der Waals surface area contributed by atoms with Crippen molar-refractivity contribution >= 4 is 33.5 Å². The first-order valence-corrected chi connectivity index (χ1v) is 10.4. The van der Waals surface area contributed by atoms with Crippen LogP contribution < -0.4 is 9.47 Å². The fourth-order valence-electron chi connectivity index (χ4n) is 3.44. The third kappa shape index (κ3) is 4.52. The molecule has 0 aliphatic rings. The lowest BCUT2D eigenvalue weighted by molar-refractivity contribution is 0.405. The van der Waals surface area contributed by atoms with Crippen LogP contribution in [0.2, 0.25) is 0 Å². The number of phenols is 1. The van der Waals surface area contributed by atoms with Crippen molar-refractivity contribution in [2.24, 2.45) is 20.5 Å². The summed E-state index contributed by atoms with van der Waals surface area (Å²) in [4.78, 5) is 0. The Morgan fingerprint density at radius 1 is 0.606 bits per heavy atom. The number of methoxy groups -OCH3 is 2. The van der Waals surface area contributed by atoms with Gasteiger partial charge in [0, 0.05) is 22.9 Å². The number of hydrogen-bond donors (Lipinski definition) is 1. The van der Waals surface area contributed by atoms with Crippen LogP contribution in [0, 0.1) is 13.8 Å². The Hall–Kier alpha value is -4.26. The molecule has 4 aromatic carbocycles. The van der Waals surface area contributed by atoms with E-state index in [0.29, 0.717) is 33.9 Å². The Balaban J connectivity index is 1.71. The summed E-state index contributed by atoms with van der Waals surface area (Å²) in [6.07, 6.45) is 0. The number of hydrogen-bond acceptors (Lipinski definition) is 7. The Morgan fingerprint density at radius 2 is 1.18 bits per heavy atom. The number of ether oxygens (including phenoxy) is 2. The van der Waals surface area contributed by atoms with E-state index in [1.165, 1.54) is 0 Å². The topological polar surface area (TPSA) is 88.1 Å². The van der Waals surface area contributed by atoms with Crippen molar-refractivity contribution in [1.82, 2.24) is 0 Å². The third-order valence-corrected chi connectivity index (χ3v) is 5.47. The first-order valence-electron chi connectivity index (χ1n) is 10.4. The SMILES string of the molecule is COc1cc(N=Nc2ccc(O)c3ccccc23)c(OC)cc1N=Nc1cccc(C)c1C. The predicted octanol–water partition coefficient (Wildman–Crippen LogP) is 8.01. The number of azo groups is 2. The molecule has 7 nitrogen and oxygen atoms in total. The molecule has 0 heterocycles. The minimum atomic E-state index is 0.197. The molecule has 33 heavy (non-hydrogen) atoms. The zero-order valence-corrected chi connectivity index (χ0v) is 18.9. The highest BCUT2D eigenvalue weighted by molar-refractivity contribution is 5.96. The standard InChI is InChI=1S/C26H24N4O3/c1-16-8-7-11-20(17(16)2)27-29-22-14-26(33-4)23(15-25(22)32-3)30-28-21-12-13-24(31)19-10-6-5-9-18(19)21/h5-15,31H,1-4H3. The first kappa shape index (κ1) is 22.0. The van der Waals surface area contributed by atoms with E-state index < -0.39 is 0 Å². The van der Waals surface area contributed by atoms with Crippen LogP contribution in [0.3, 0.4) is 0 Å². The van der Waals surface area contributed by atoms with Gasteiger partial charge in [-0.2, -0.15) is 5.11 Å². The lowest BCUT2D eigenvalue weighted by atomic mass is 10.1. The average Bonchev–Trinajstić information content (AvgIpc) is 2.84. The maximum atomic E-state index is 10.1. The summed E-state index contributed by atoms with van der Waals surface area (Å²) in [6.45, 7) is 4.05. The number of fused-ring (bicyclic) bond motifs is 1. The third-order valence-electron chi connectivity index (χ3n) is 5.47. The molecule has 0 aliphatic carbocycles. The molecular formula is C26H24N4O3. The second-order valence-electron chi connectivity index (χ2n) is 7.46. The number of aryl methyl sites for hydroxylation is 1. The summed E-state index contributed by atoms with van der Waals surface area (Å²) < 4.78 is 11.0. The molecule has 7 heteroatoms. The summed E-state index contributed by atoms with van der Waals surface area (Å²) >= 11 is 0. The first-order chi connectivity index (χ1) is 16.0. The maximum absolute atomic E-state index is 10.1. The zero-order chi connectivity index (χ0) is 23.4. The van der Waals surface area contributed by atoms with Crippen LogP contribution in [0.5, 0.6) is 17.2 Å². The molecule has 4 aromatic rings. The van der Waals surface area contributed by atoms with Crippen molar-refractivity contribution in [3.63, 3.8) is 0 Å². The van der Waals surface area contributed by atoms with Crippen molar-refractivity contribution in [2.75, 3.05) is 14.2 Å². The molecule has 0 amide bonds. The van der Waals surface area contributed by atoms with Crippen LogP contribution in [0.4, 0.5) is 22.7 Å². The van der Waals surface area contributed by atoms with Crippen molar-refractivity contribution in [3.05, 3.63) is 77.9 Å². The molecule has 0 bridgehead atoms. The van der Waals surface area contributed by atoms with Gasteiger partial charge in [-0.15, -0.1) is 15.3 Å². The van der Waals surface area contributed by atoms with Crippen LogP contribution in [-0.2, 0) is 0 Å². The zero-order valence-electron chi connectivity index (χ0n) is 18.9. The Kier molecular flexibility index (Phi) is 6.31.